The average molecular weight is 254 g/mol. The molecule has 3 aliphatic rings. The van der Waals surface area contributed by atoms with Crippen molar-refractivity contribution in [3.8, 4) is 0 Å². The van der Waals surface area contributed by atoms with E-state index in [-0.39, 0.29) is 17.8 Å². The molecule has 0 aromatic rings. The van der Waals surface area contributed by atoms with Crippen molar-refractivity contribution in [2.75, 3.05) is 0 Å². The molecule has 0 heterocycles. The molecule has 0 aromatic heterocycles. The van der Waals surface area contributed by atoms with Crippen LogP contribution in [-0.2, 0) is 9.53 Å². The van der Waals surface area contributed by atoms with Gasteiger partial charge in [0.1, 0.15) is 11.2 Å². The van der Waals surface area contributed by atoms with Crippen LogP contribution in [0.1, 0.15) is 51.9 Å². The Kier molecular flexibility index (Phi) is 2.72. The van der Waals surface area contributed by atoms with Gasteiger partial charge in [-0.25, -0.2) is 0 Å². The van der Waals surface area contributed by atoms with E-state index in [1.54, 1.807) is 0 Å². The third-order valence-electron chi connectivity index (χ3n) is 5.44. The first-order chi connectivity index (χ1) is 8.52. The van der Waals surface area contributed by atoms with Crippen LogP contribution in [0.2, 0.25) is 0 Å². The number of aliphatic hydroxyl groups excluding tert-OH is 1. The van der Waals surface area contributed by atoms with Gasteiger partial charge in [0.05, 0.1) is 6.10 Å². The van der Waals surface area contributed by atoms with Crippen LogP contribution in [0.4, 0.5) is 0 Å². The summed E-state index contributed by atoms with van der Waals surface area (Å²) < 4.78 is 5.63. The Labute approximate surface area is 107 Å². The highest BCUT2D eigenvalue weighted by Crippen LogP contribution is 2.66. The van der Waals surface area contributed by atoms with Gasteiger partial charge < -0.3 is 14.9 Å². The van der Waals surface area contributed by atoms with Crippen molar-refractivity contribution in [3.63, 3.8) is 0 Å². The van der Waals surface area contributed by atoms with Gasteiger partial charge in [-0.2, -0.15) is 0 Å². The number of hydrogen-bond acceptors (Lipinski definition) is 4. The molecule has 3 aliphatic carbocycles. The van der Waals surface area contributed by atoms with E-state index in [2.05, 4.69) is 0 Å². The average Bonchev–Trinajstić information content (AvgIpc) is 2.61. The fourth-order valence-electron chi connectivity index (χ4n) is 4.90. The van der Waals surface area contributed by atoms with Crippen LogP contribution in [0, 0.1) is 11.8 Å². The predicted molar refractivity (Wildman–Crippen MR) is 64.8 cm³/mol. The first kappa shape index (κ1) is 12.4. The summed E-state index contributed by atoms with van der Waals surface area (Å²) in [6, 6.07) is 0. The minimum Gasteiger partial charge on any atom is -0.458 e. The van der Waals surface area contributed by atoms with Crippen LogP contribution in [0.15, 0.2) is 0 Å². The number of hydrogen-bond donors (Lipinski definition) is 2. The van der Waals surface area contributed by atoms with Gasteiger partial charge in [0.25, 0.3) is 0 Å². The van der Waals surface area contributed by atoms with E-state index in [1.165, 1.54) is 6.92 Å². The lowest BCUT2D eigenvalue weighted by Crippen LogP contribution is -2.76. The Hall–Kier alpha value is -0.610. The number of aliphatic hydroxyl groups is 2. The Morgan fingerprint density at radius 1 is 1.17 bits per heavy atom. The van der Waals surface area contributed by atoms with Gasteiger partial charge in [-0.05, 0) is 32.1 Å². The molecule has 0 radical (unpaired) electrons. The molecule has 0 unspecified atom stereocenters. The van der Waals surface area contributed by atoms with Crippen molar-refractivity contribution in [1.29, 1.82) is 0 Å². The molecule has 0 spiro atoms. The maximum Gasteiger partial charge on any atom is 0.303 e. The van der Waals surface area contributed by atoms with E-state index >= 15 is 0 Å². The van der Waals surface area contributed by atoms with E-state index in [0.29, 0.717) is 6.42 Å². The molecule has 102 valence electrons. The zero-order valence-corrected chi connectivity index (χ0v) is 10.9. The molecule has 3 fully saturated rings. The first-order valence-electron chi connectivity index (χ1n) is 7.12. The van der Waals surface area contributed by atoms with Crippen molar-refractivity contribution in [2.24, 2.45) is 11.8 Å². The summed E-state index contributed by atoms with van der Waals surface area (Å²) in [6.45, 7) is 1.44. The second-order valence-corrected chi connectivity index (χ2v) is 6.23. The van der Waals surface area contributed by atoms with E-state index in [9.17, 15) is 15.0 Å². The summed E-state index contributed by atoms with van der Waals surface area (Å²) in [5.74, 6) is -0.395. The minimum absolute atomic E-state index is 0.0630. The van der Waals surface area contributed by atoms with Gasteiger partial charge >= 0.3 is 5.97 Å². The maximum atomic E-state index is 11.4. The second-order valence-electron chi connectivity index (χ2n) is 6.23. The van der Waals surface area contributed by atoms with Gasteiger partial charge in [-0.3, -0.25) is 4.79 Å². The Balaban J connectivity index is 1.94. The zero-order chi connectivity index (χ0) is 13.0. The summed E-state index contributed by atoms with van der Waals surface area (Å²) in [5.41, 5.74) is -1.49. The van der Waals surface area contributed by atoms with E-state index in [4.69, 9.17) is 4.74 Å². The molecule has 0 saturated heterocycles. The lowest BCUT2D eigenvalue weighted by atomic mass is 9.49. The second kappa shape index (κ2) is 3.94. The monoisotopic (exact) mass is 254 g/mol. The molecule has 2 N–H and O–H groups in total. The number of rotatable bonds is 1. The van der Waals surface area contributed by atoms with E-state index in [0.717, 1.165) is 38.5 Å². The highest BCUT2D eigenvalue weighted by Gasteiger charge is 2.75. The number of carbonyl (C=O) groups is 1. The summed E-state index contributed by atoms with van der Waals surface area (Å²) in [4.78, 5) is 11.4. The van der Waals surface area contributed by atoms with Crippen molar-refractivity contribution in [1.82, 2.24) is 0 Å². The number of carbonyl (C=O) groups excluding carboxylic acids is 1. The highest BCUT2D eigenvalue weighted by atomic mass is 16.6. The van der Waals surface area contributed by atoms with Crippen molar-refractivity contribution >= 4 is 5.97 Å². The minimum atomic E-state index is -1.01. The van der Waals surface area contributed by atoms with Crippen LogP contribution in [0.3, 0.4) is 0 Å². The van der Waals surface area contributed by atoms with E-state index in [1.807, 2.05) is 0 Å². The molecule has 18 heavy (non-hydrogen) atoms. The van der Waals surface area contributed by atoms with Crippen molar-refractivity contribution < 1.29 is 19.7 Å². The molecule has 0 amide bonds. The highest BCUT2D eigenvalue weighted by molar-refractivity contribution is 5.67. The first-order valence-corrected chi connectivity index (χ1v) is 7.12. The molecular formula is C14H22O4. The lowest BCUT2D eigenvalue weighted by Gasteiger charge is -2.63. The third kappa shape index (κ3) is 1.36. The fourth-order valence-corrected chi connectivity index (χ4v) is 4.90. The van der Waals surface area contributed by atoms with E-state index < -0.39 is 17.3 Å². The van der Waals surface area contributed by atoms with Crippen LogP contribution in [0.5, 0.6) is 0 Å². The summed E-state index contributed by atoms with van der Waals surface area (Å²) >= 11 is 0. The third-order valence-corrected chi connectivity index (χ3v) is 5.44. The number of fused-ring (bicyclic) bond motifs is 4. The largest absolute Gasteiger partial charge is 0.458 e. The quantitative estimate of drug-likeness (QED) is 0.694. The number of esters is 1. The van der Waals surface area contributed by atoms with Crippen LogP contribution in [-0.4, -0.2) is 33.5 Å². The molecule has 4 heteroatoms. The molecule has 5 atom stereocenters. The van der Waals surface area contributed by atoms with Crippen molar-refractivity contribution in [3.05, 3.63) is 0 Å². The summed E-state index contributed by atoms with van der Waals surface area (Å²) in [5, 5.41) is 21.1. The standard InChI is InChI=1S/C14H22O4/c1-9(15)18-13-8-4-6-11(13)14(17)10(13)5-2-3-7-12(14)16/h10-12,16-17H,2-8H2,1H3/t10-,11-,12+,13-,14-/m1/s1. The maximum absolute atomic E-state index is 11.4. The molecule has 4 nitrogen and oxygen atoms in total. The van der Waals surface area contributed by atoms with Crippen LogP contribution >= 0.6 is 0 Å². The molecule has 0 aromatic carbocycles. The Morgan fingerprint density at radius 2 is 1.78 bits per heavy atom. The molecule has 3 saturated carbocycles. The van der Waals surface area contributed by atoms with Crippen LogP contribution < -0.4 is 0 Å². The Morgan fingerprint density at radius 3 is 2.44 bits per heavy atom. The molecule has 0 bridgehead atoms. The molecule has 3 rings (SSSR count). The molecule has 0 aliphatic heterocycles. The topological polar surface area (TPSA) is 66.8 Å². The normalized spacial score (nSPS) is 50.7. The Bertz CT molecular complexity index is 369. The lowest BCUT2D eigenvalue weighted by molar-refractivity contribution is -0.312. The zero-order valence-electron chi connectivity index (χ0n) is 10.9. The fraction of sp³-hybridized carbons (Fsp3) is 0.929. The SMILES string of the molecule is CC(=O)O[C@@]12CCC[C@H]1[C@]1(O)[C@@H]2CCCC[C@@H]1O. The molecular weight excluding hydrogens is 232 g/mol. The van der Waals surface area contributed by atoms with Gasteiger partial charge in [0.2, 0.25) is 0 Å². The summed E-state index contributed by atoms with van der Waals surface area (Å²) in [7, 11) is 0. The van der Waals surface area contributed by atoms with Gasteiger partial charge in [-0.1, -0.05) is 12.8 Å². The number of ether oxygens (including phenoxy) is 1. The summed E-state index contributed by atoms with van der Waals surface area (Å²) in [6.07, 6.45) is 5.49. The van der Waals surface area contributed by atoms with Crippen LogP contribution in [0.25, 0.3) is 0 Å². The van der Waals surface area contributed by atoms with Crippen molar-refractivity contribution in [2.45, 2.75) is 69.2 Å². The predicted octanol–water partition coefficient (Wildman–Crippen LogP) is 1.38. The van der Waals surface area contributed by atoms with Gasteiger partial charge in [0.15, 0.2) is 0 Å². The smallest absolute Gasteiger partial charge is 0.303 e. The van der Waals surface area contributed by atoms with Gasteiger partial charge in [-0.15, -0.1) is 0 Å². The van der Waals surface area contributed by atoms with Gasteiger partial charge in [0, 0.05) is 18.8 Å².